The van der Waals surface area contributed by atoms with Crippen LogP contribution in [0.15, 0.2) is 18.2 Å². The standard InChI is InChI=1S/C17H25BF3NO2/c1-11(2)22-10-12-7-13(17(19,20)21)9-14(8-12)18-23-15(3,4)16(5,6)24-18/h7-9,11,22H,10H2,1-6H3. The Morgan fingerprint density at radius 3 is 2.04 bits per heavy atom. The molecule has 0 amide bonds. The molecule has 0 spiro atoms. The maximum Gasteiger partial charge on any atom is 0.494 e. The lowest BCUT2D eigenvalue weighted by molar-refractivity contribution is -0.137. The minimum atomic E-state index is -4.41. The third-order valence-corrected chi connectivity index (χ3v) is 4.58. The van der Waals surface area contributed by atoms with Crippen molar-refractivity contribution >= 4 is 12.6 Å². The summed E-state index contributed by atoms with van der Waals surface area (Å²) in [5.74, 6) is 0. The highest BCUT2D eigenvalue weighted by molar-refractivity contribution is 6.62. The van der Waals surface area contributed by atoms with Crippen molar-refractivity contribution in [3.63, 3.8) is 0 Å². The van der Waals surface area contributed by atoms with Crippen LogP contribution >= 0.6 is 0 Å². The SMILES string of the molecule is CC(C)NCc1cc(B2OC(C)(C)C(C)(C)O2)cc(C(F)(F)F)c1. The van der Waals surface area contributed by atoms with Gasteiger partial charge in [-0.1, -0.05) is 26.0 Å². The number of hydrogen-bond donors (Lipinski definition) is 1. The van der Waals surface area contributed by atoms with Crippen molar-refractivity contribution in [1.29, 1.82) is 0 Å². The van der Waals surface area contributed by atoms with Crippen LogP contribution in [0.3, 0.4) is 0 Å². The Balaban J connectivity index is 2.37. The fourth-order valence-corrected chi connectivity index (χ4v) is 2.42. The van der Waals surface area contributed by atoms with Crippen LogP contribution in [0.2, 0.25) is 0 Å². The van der Waals surface area contributed by atoms with Gasteiger partial charge in [-0.05, 0) is 44.8 Å². The zero-order valence-corrected chi connectivity index (χ0v) is 15.0. The Morgan fingerprint density at radius 2 is 1.58 bits per heavy atom. The van der Waals surface area contributed by atoms with Gasteiger partial charge in [-0.2, -0.15) is 13.2 Å². The zero-order valence-electron chi connectivity index (χ0n) is 15.0. The Bertz CT molecular complexity index is 584. The van der Waals surface area contributed by atoms with Crippen molar-refractivity contribution in [1.82, 2.24) is 5.32 Å². The Morgan fingerprint density at radius 1 is 1.04 bits per heavy atom. The summed E-state index contributed by atoms with van der Waals surface area (Å²) >= 11 is 0. The average Bonchev–Trinajstić information content (AvgIpc) is 2.64. The van der Waals surface area contributed by atoms with Crippen LogP contribution in [0.5, 0.6) is 0 Å². The van der Waals surface area contributed by atoms with Gasteiger partial charge >= 0.3 is 13.3 Å². The first kappa shape index (κ1) is 19.3. The topological polar surface area (TPSA) is 30.5 Å². The van der Waals surface area contributed by atoms with E-state index in [2.05, 4.69) is 5.32 Å². The fourth-order valence-electron chi connectivity index (χ4n) is 2.42. The first-order valence-electron chi connectivity index (χ1n) is 8.12. The van der Waals surface area contributed by atoms with Gasteiger partial charge in [-0.3, -0.25) is 0 Å². The monoisotopic (exact) mass is 343 g/mol. The highest BCUT2D eigenvalue weighted by atomic mass is 19.4. The lowest BCUT2D eigenvalue weighted by Crippen LogP contribution is -2.41. The quantitative estimate of drug-likeness (QED) is 0.849. The van der Waals surface area contributed by atoms with Crippen molar-refractivity contribution < 1.29 is 22.5 Å². The summed E-state index contributed by atoms with van der Waals surface area (Å²) in [5.41, 5.74) is -0.924. The van der Waals surface area contributed by atoms with Gasteiger partial charge in [0.05, 0.1) is 16.8 Å². The van der Waals surface area contributed by atoms with Crippen LogP contribution in [-0.2, 0) is 22.0 Å². The molecule has 1 aliphatic heterocycles. The van der Waals surface area contributed by atoms with E-state index in [0.29, 0.717) is 17.6 Å². The van der Waals surface area contributed by atoms with Crippen LogP contribution in [0.1, 0.15) is 52.7 Å². The van der Waals surface area contributed by atoms with E-state index in [9.17, 15) is 13.2 Å². The molecular weight excluding hydrogens is 318 g/mol. The summed E-state index contributed by atoms with van der Waals surface area (Å²) in [7, 11) is -0.810. The maximum atomic E-state index is 13.2. The van der Waals surface area contributed by atoms with Crippen LogP contribution in [-0.4, -0.2) is 24.4 Å². The molecule has 1 aromatic carbocycles. The van der Waals surface area contributed by atoms with Crippen LogP contribution in [0, 0.1) is 0 Å². The fraction of sp³-hybridized carbons (Fsp3) is 0.647. The van der Waals surface area contributed by atoms with Gasteiger partial charge in [0.15, 0.2) is 0 Å². The van der Waals surface area contributed by atoms with E-state index in [1.807, 2.05) is 41.5 Å². The predicted octanol–water partition coefficient (Wildman–Crippen LogP) is 3.50. The second-order valence-corrected chi connectivity index (χ2v) is 7.58. The normalized spacial score (nSPS) is 20.0. The summed E-state index contributed by atoms with van der Waals surface area (Å²) in [6, 6.07) is 4.18. The summed E-state index contributed by atoms with van der Waals surface area (Å²) in [5, 5.41) is 3.14. The lowest BCUT2D eigenvalue weighted by Gasteiger charge is -2.32. The molecule has 134 valence electrons. The molecule has 1 heterocycles. The minimum absolute atomic E-state index is 0.180. The predicted molar refractivity (Wildman–Crippen MR) is 89.1 cm³/mol. The number of hydrogen-bond acceptors (Lipinski definition) is 3. The number of alkyl halides is 3. The van der Waals surface area contributed by atoms with Gasteiger partial charge < -0.3 is 14.6 Å². The van der Waals surface area contributed by atoms with Gasteiger partial charge in [-0.25, -0.2) is 0 Å². The molecule has 1 aromatic rings. The molecule has 0 aromatic heterocycles. The second kappa shape index (κ2) is 6.35. The minimum Gasteiger partial charge on any atom is -0.399 e. The van der Waals surface area contributed by atoms with Gasteiger partial charge in [-0.15, -0.1) is 0 Å². The van der Waals surface area contributed by atoms with Crippen molar-refractivity contribution in [3.8, 4) is 0 Å². The van der Waals surface area contributed by atoms with Crippen molar-refractivity contribution in [2.75, 3.05) is 0 Å². The lowest BCUT2D eigenvalue weighted by atomic mass is 9.77. The third kappa shape index (κ3) is 4.13. The number of rotatable bonds is 4. The molecule has 1 fully saturated rings. The highest BCUT2D eigenvalue weighted by Crippen LogP contribution is 2.37. The van der Waals surface area contributed by atoms with Crippen LogP contribution in [0.25, 0.3) is 0 Å². The summed E-state index contributed by atoms with van der Waals surface area (Å²) in [6.45, 7) is 11.8. The van der Waals surface area contributed by atoms with Crippen LogP contribution < -0.4 is 10.8 Å². The summed E-state index contributed by atoms with van der Waals surface area (Å²) in [4.78, 5) is 0. The molecule has 3 nitrogen and oxygen atoms in total. The smallest absolute Gasteiger partial charge is 0.399 e. The molecule has 7 heteroatoms. The van der Waals surface area contributed by atoms with Gasteiger partial charge in [0.25, 0.3) is 0 Å². The Labute approximate surface area is 142 Å². The van der Waals surface area contributed by atoms with E-state index < -0.39 is 30.1 Å². The second-order valence-electron chi connectivity index (χ2n) is 7.58. The Hall–Kier alpha value is -1.05. The largest absolute Gasteiger partial charge is 0.494 e. The Kier molecular flexibility index (Phi) is 5.10. The molecule has 1 saturated heterocycles. The van der Waals surface area contributed by atoms with E-state index in [1.54, 1.807) is 6.07 Å². The molecule has 0 unspecified atom stereocenters. The molecule has 1 N–H and O–H groups in total. The molecule has 2 rings (SSSR count). The first-order valence-corrected chi connectivity index (χ1v) is 8.12. The van der Waals surface area contributed by atoms with Crippen molar-refractivity contribution in [2.45, 2.75) is 71.5 Å². The summed E-state index contributed by atoms with van der Waals surface area (Å²) < 4.78 is 51.5. The van der Waals surface area contributed by atoms with E-state index in [1.165, 1.54) is 6.07 Å². The number of benzene rings is 1. The molecule has 0 aliphatic carbocycles. The van der Waals surface area contributed by atoms with E-state index in [4.69, 9.17) is 9.31 Å². The maximum absolute atomic E-state index is 13.2. The number of halogens is 3. The first-order chi connectivity index (χ1) is 10.8. The molecule has 0 bridgehead atoms. The van der Waals surface area contributed by atoms with Gasteiger partial charge in [0.1, 0.15) is 0 Å². The van der Waals surface area contributed by atoms with Crippen LogP contribution in [0.4, 0.5) is 13.2 Å². The van der Waals surface area contributed by atoms with Gasteiger partial charge in [0, 0.05) is 12.6 Å². The molecular formula is C17H25BF3NO2. The molecule has 1 aliphatic rings. The van der Waals surface area contributed by atoms with Gasteiger partial charge in [0.2, 0.25) is 0 Å². The van der Waals surface area contributed by atoms with E-state index >= 15 is 0 Å². The molecule has 24 heavy (non-hydrogen) atoms. The van der Waals surface area contributed by atoms with E-state index in [-0.39, 0.29) is 6.04 Å². The van der Waals surface area contributed by atoms with E-state index in [0.717, 1.165) is 6.07 Å². The zero-order chi connectivity index (χ0) is 18.3. The molecule has 0 atom stereocenters. The molecule has 0 saturated carbocycles. The summed E-state index contributed by atoms with van der Waals surface area (Å²) in [6.07, 6.45) is -4.41. The number of nitrogens with one attached hydrogen (secondary N) is 1. The highest BCUT2D eigenvalue weighted by Gasteiger charge is 2.52. The van der Waals surface area contributed by atoms with Crippen molar-refractivity contribution in [3.05, 3.63) is 29.3 Å². The van der Waals surface area contributed by atoms with Crippen molar-refractivity contribution in [2.24, 2.45) is 0 Å². The average molecular weight is 343 g/mol. The molecule has 0 radical (unpaired) electrons. The third-order valence-electron chi connectivity index (χ3n) is 4.58.